The second-order valence-electron chi connectivity index (χ2n) is 6.39. The van der Waals surface area contributed by atoms with E-state index in [9.17, 15) is 18.0 Å². The van der Waals surface area contributed by atoms with Crippen LogP contribution >= 0.6 is 11.8 Å². The third kappa shape index (κ3) is 3.61. The molecule has 0 bridgehead atoms. The van der Waals surface area contributed by atoms with Crippen molar-refractivity contribution in [2.75, 3.05) is 23.2 Å². The van der Waals surface area contributed by atoms with Crippen LogP contribution in [0.3, 0.4) is 0 Å². The van der Waals surface area contributed by atoms with E-state index in [-0.39, 0.29) is 42.4 Å². The molecule has 0 spiro atoms. The number of carboxylic acid groups (broad SMARTS) is 1. The average molecular weight is 412 g/mol. The van der Waals surface area contributed by atoms with Gasteiger partial charge >= 0.3 is 5.97 Å². The van der Waals surface area contributed by atoms with Gasteiger partial charge in [-0.3, -0.25) is 9.59 Å². The number of hydrogen-bond acceptors (Lipinski definition) is 7. The number of ether oxygens (including phenoxy) is 2. The molecule has 0 unspecified atom stereocenters. The molecular weight excluding hydrogens is 396 g/mol. The van der Waals surface area contributed by atoms with Crippen LogP contribution in [-0.4, -0.2) is 60.2 Å². The van der Waals surface area contributed by atoms with E-state index in [2.05, 4.69) is 4.99 Å². The van der Waals surface area contributed by atoms with Gasteiger partial charge in [0.1, 0.15) is 0 Å². The zero-order valence-corrected chi connectivity index (χ0v) is 15.7. The molecule has 9 nitrogen and oxygen atoms in total. The average Bonchev–Trinajstić information content (AvgIpc) is 3.24. The van der Waals surface area contributed by atoms with Crippen molar-refractivity contribution in [1.29, 1.82) is 0 Å². The lowest BCUT2D eigenvalue weighted by molar-refractivity contribution is -0.138. The highest BCUT2D eigenvalue weighted by molar-refractivity contribution is 8.16. The van der Waals surface area contributed by atoms with Gasteiger partial charge in [-0.05, 0) is 12.1 Å². The topological polar surface area (TPSA) is 123 Å². The molecule has 3 aliphatic heterocycles. The number of sulfone groups is 1. The molecule has 1 aromatic carbocycles. The number of thioether (sulfide) groups is 1. The first-order chi connectivity index (χ1) is 12.8. The minimum absolute atomic E-state index is 0.0196. The molecular formula is C16H16N2O7S2. The van der Waals surface area contributed by atoms with Crippen molar-refractivity contribution < 1.29 is 32.6 Å². The van der Waals surface area contributed by atoms with Crippen LogP contribution in [0, 0.1) is 0 Å². The summed E-state index contributed by atoms with van der Waals surface area (Å²) >= 11 is 1.24. The van der Waals surface area contributed by atoms with Crippen LogP contribution in [0.25, 0.3) is 0 Å². The van der Waals surface area contributed by atoms with E-state index in [0.717, 1.165) is 0 Å². The SMILES string of the molecule is O=C(O)CCC(=O)N=C1S[C@@H]2CS(=O)(=O)C[C@H]2N1c1ccc2c(c1)OCO2. The normalized spacial score (nSPS) is 26.4. The predicted octanol–water partition coefficient (Wildman–Crippen LogP) is 0.881. The summed E-state index contributed by atoms with van der Waals surface area (Å²) in [5.74, 6) is -0.491. The van der Waals surface area contributed by atoms with Crippen molar-refractivity contribution in [3.05, 3.63) is 18.2 Å². The summed E-state index contributed by atoms with van der Waals surface area (Å²) in [5.41, 5.74) is 0.654. The number of nitrogens with zero attached hydrogens (tertiary/aromatic N) is 2. The van der Waals surface area contributed by atoms with Gasteiger partial charge in [-0.25, -0.2) is 8.42 Å². The molecule has 2 saturated heterocycles. The van der Waals surface area contributed by atoms with E-state index in [0.29, 0.717) is 22.4 Å². The quantitative estimate of drug-likeness (QED) is 0.768. The van der Waals surface area contributed by atoms with Crippen LogP contribution in [0.5, 0.6) is 11.5 Å². The summed E-state index contributed by atoms with van der Waals surface area (Å²) < 4.78 is 34.8. The maximum atomic E-state index is 12.1. The number of fused-ring (bicyclic) bond motifs is 2. The molecule has 2 atom stereocenters. The van der Waals surface area contributed by atoms with Gasteiger partial charge in [0.2, 0.25) is 12.7 Å². The van der Waals surface area contributed by atoms with E-state index in [4.69, 9.17) is 14.6 Å². The molecule has 11 heteroatoms. The minimum atomic E-state index is -3.17. The fourth-order valence-corrected chi connectivity index (χ4v) is 7.21. The number of amides is 1. The number of carboxylic acids is 1. The summed E-state index contributed by atoms with van der Waals surface area (Å²) in [6.07, 6.45) is -0.506. The van der Waals surface area contributed by atoms with Crippen LogP contribution in [0.1, 0.15) is 12.8 Å². The zero-order chi connectivity index (χ0) is 19.2. The highest BCUT2D eigenvalue weighted by atomic mass is 32.2. The number of anilines is 1. The number of carbonyl (C=O) groups excluding carboxylic acids is 1. The molecule has 0 saturated carbocycles. The Balaban J connectivity index is 1.66. The fraction of sp³-hybridized carbons (Fsp3) is 0.438. The number of aliphatic imine (C=N–C) groups is 1. The predicted molar refractivity (Wildman–Crippen MR) is 98.2 cm³/mol. The number of hydrogen-bond donors (Lipinski definition) is 1. The Morgan fingerprint density at radius 2 is 2.00 bits per heavy atom. The second kappa shape index (κ2) is 6.71. The summed E-state index contributed by atoms with van der Waals surface area (Å²) in [6, 6.07) is 4.88. The Hall–Kier alpha value is -2.27. The first-order valence-electron chi connectivity index (χ1n) is 8.22. The summed E-state index contributed by atoms with van der Waals surface area (Å²) in [7, 11) is -3.17. The van der Waals surface area contributed by atoms with Crippen molar-refractivity contribution in [1.82, 2.24) is 0 Å². The molecule has 1 amide bonds. The third-order valence-corrected chi connectivity index (χ3v) is 7.68. The van der Waals surface area contributed by atoms with Gasteiger partial charge in [-0.1, -0.05) is 11.8 Å². The Morgan fingerprint density at radius 3 is 2.78 bits per heavy atom. The lowest BCUT2D eigenvalue weighted by Gasteiger charge is -2.24. The highest BCUT2D eigenvalue weighted by Crippen LogP contribution is 2.43. The largest absolute Gasteiger partial charge is 0.481 e. The number of benzene rings is 1. The van der Waals surface area contributed by atoms with Crippen LogP contribution in [0.15, 0.2) is 23.2 Å². The van der Waals surface area contributed by atoms with Gasteiger partial charge in [0.15, 0.2) is 26.5 Å². The smallest absolute Gasteiger partial charge is 0.303 e. The molecule has 1 aromatic rings. The standard InChI is InChI=1S/C16H16N2O7S2/c19-14(3-4-15(20)21)17-16-18(10-6-27(22,23)7-13(10)26-16)9-1-2-11-12(5-9)25-8-24-11/h1-2,5,10,13H,3-4,6-8H2,(H,20,21)/t10-,13-/m1/s1. The van der Waals surface area contributed by atoms with E-state index in [1.54, 1.807) is 23.1 Å². The maximum absolute atomic E-state index is 12.1. The minimum Gasteiger partial charge on any atom is -0.481 e. The van der Waals surface area contributed by atoms with E-state index < -0.39 is 21.7 Å². The summed E-state index contributed by atoms with van der Waals surface area (Å²) in [6.45, 7) is 0.114. The van der Waals surface area contributed by atoms with Crippen molar-refractivity contribution >= 4 is 44.3 Å². The van der Waals surface area contributed by atoms with E-state index >= 15 is 0 Å². The molecule has 2 fully saturated rings. The molecule has 4 rings (SSSR count). The van der Waals surface area contributed by atoms with E-state index in [1.807, 2.05) is 0 Å². The Bertz CT molecular complexity index is 944. The van der Waals surface area contributed by atoms with Gasteiger partial charge in [-0.15, -0.1) is 0 Å². The maximum Gasteiger partial charge on any atom is 0.303 e. The number of carbonyl (C=O) groups is 2. The van der Waals surface area contributed by atoms with Gasteiger partial charge in [0.05, 0.1) is 24.0 Å². The summed E-state index contributed by atoms with van der Waals surface area (Å²) in [5, 5.41) is 8.88. The van der Waals surface area contributed by atoms with Gasteiger partial charge < -0.3 is 19.5 Å². The first-order valence-corrected chi connectivity index (χ1v) is 10.9. The number of aliphatic carboxylic acids is 1. The van der Waals surface area contributed by atoms with Crippen molar-refractivity contribution in [3.8, 4) is 11.5 Å². The second-order valence-corrected chi connectivity index (χ2v) is 9.75. The molecule has 0 radical (unpaired) electrons. The lowest BCUT2D eigenvalue weighted by atomic mass is 10.2. The Morgan fingerprint density at radius 1 is 1.22 bits per heavy atom. The molecule has 3 heterocycles. The molecule has 0 aromatic heterocycles. The number of amidine groups is 1. The highest BCUT2D eigenvalue weighted by Gasteiger charge is 2.49. The van der Waals surface area contributed by atoms with Crippen molar-refractivity contribution in [3.63, 3.8) is 0 Å². The van der Waals surface area contributed by atoms with Crippen LogP contribution in [0.2, 0.25) is 0 Å². The Kier molecular flexibility index (Phi) is 4.50. The Labute approximate surface area is 159 Å². The first kappa shape index (κ1) is 18.1. The molecule has 0 aliphatic carbocycles. The zero-order valence-electron chi connectivity index (χ0n) is 14.0. The van der Waals surface area contributed by atoms with Crippen molar-refractivity contribution in [2.45, 2.75) is 24.1 Å². The molecule has 144 valence electrons. The lowest BCUT2D eigenvalue weighted by Crippen LogP contribution is -2.37. The third-order valence-electron chi connectivity index (χ3n) is 4.47. The number of rotatable bonds is 4. The van der Waals surface area contributed by atoms with Crippen LogP contribution in [-0.2, 0) is 19.4 Å². The van der Waals surface area contributed by atoms with Gasteiger partial charge in [-0.2, -0.15) is 4.99 Å². The molecule has 3 aliphatic rings. The van der Waals surface area contributed by atoms with Crippen molar-refractivity contribution in [2.24, 2.45) is 4.99 Å². The molecule has 1 N–H and O–H groups in total. The molecule has 27 heavy (non-hydrogen) atoms. The summed E-state index contributed by atoms with van der Waals surface area (Å²) in [4.78, 5) is 28.5. The fourth-order valence-electron chi connectivity index (χ4n) is 3.28. The van der Waals surface area contributed by atoms with Crippen LogP contribution < -0.4 is 14.4 Å². The van der Waals surface area contributed by atoms with Gasteiger partial charge in [0.25, 0.3) is 0 Å². The van der Waals surface area contributed by atoms with E-state index in [1.165, 1.54) is 11.8 Å². The van der Waals surface area contributed by atoms with Crippen LogP contribution in [0.4, 0.5) is 5.69 Å². The van der Waals surface area contributed by atoms with Gasteiger partial charge in [0, 0.05) is 23.4 Å². The monoisotopic (exact) mass is 412 g/mol.